The number of aromatic nitrogens is 2. The van der Waals surface area contributed by atoms with Crippen LogP contribution in [0.5, 0.6) is 5.75 Å². The number of rotatable bonds is 5. The van der Waals surface area contributed by atoms with Gasteiger partial charge < -0.3 is 15.4 Å². The molecule has 3 aromatic rings. The molecule has 24 heavy (non-hydrogen) atoms. The molecule has 0 aliphatic carbocycles. The van der Waals surface area contributed by atoms with Gasteiger partial charge in [0.1, 0.15) is 10.4 Å². The van der Waals surface area contributed by atoms with E-state index in [0.29, 0.717) is 14.7 Å². The second-order valence-electron chi connectivity index (χ2n) is 5.16. The maximum absolute atomic E-state index is 12.1. The van der Waals surface area contributed by atoms with Crippen LogP contribution in [0.25, 0.3) is 10.3 Å². The number of H-pyrrole nitrogens is 1. The zero-order valence-corrected chi connectivity index (χ0v) is 14.4. The molecule has 0 aliphatic rings. The molecule has 1 atom stereocenters. The van der Waals surface area contributed by atoms with Crippen molar-refractivity contribution in [1.29, 1.82) is 0 Å². The SMILES string of the molecule is C[C@@H](NC(=O)CSc1nc2[nH]c(=O)cc(O)c2s1)c1ccccc1. The van der Waals surface area contributed by atoms with Crippen LogP contribution in [-0.2, 0) is 4.79 Å². The number of thiazole rings is 1. The van der Waals surface area contributed by atoms with Gasteiger partial charge in [0.2, 0.25) is 5.91 Å². The van der Waals surface area contributed by atoms with E-state index >= 15 is 0 Å². The number of hydrogen-bond donors (Lipinski definition) is 3. The van der Waals surface area contributed by atoms with Crippen LogP contribution in [-0.4, -0.2) is 26.7 Å². The fraction of sp³-hybridized carbons (Fsp3) is 0.188. The lowest BCUT2D eigenvalue weighted by molar-refractivity contribution is -0.119. The summed E-state index contributed by atoms with van der Waals surface area (Å²) in [5, 5.41) is 12.7. The second-order valence-corrected chi connectivity index (χ2v) is 7.39. The molecule has 0 fully saturated rings. The molecule has 1 amide bonds. The summed E-state index contributed by atoms with van der Waals surface area (Å²) < 4.78 is 1.12. The summed E-state index contributed by atoms with van der Waals surface area (Å²) >= 11 is 2.51. The summed E-state index contributed by atoms with van der Waals surface area (Å²) in [7, 11) is 0. The van der Waals surface area contributed by atoms with Crippen LogP contribution < -0.4 is 10.9 Å². The molecular formula is C16H15N3O3S2. The molecule has 2 aromatic heterocycles. The fourth-order valence-electron chi connectivity index (χ4n) is 2.20. The molecule has 0 aliphatic heterocycles. The Morgan fingerprint density at radius 1 is 1.42 bits per heavy atom. The predicted molar refractivity (Wildman–Crippen MR) is 95.6 cm³/mol. The molecule has 0 saturated carbocycles. The quantitative estimate of drug-likeness (QED) is 0.607. The lowest BCUT2D eigenvalue weighted by Crippen LogP contribution is -2.28. The van der Waals surface area contributed by atoms with Crippen LogP contribution in [0.4, 0.5) is 0 Å². The molecule has 3 N–H and O–H groups in total. The Hall–Kier alpha value is -2.32. The van der Waals surface area contributed by atoms with Gasteiger partial charge in [-0.25, -0.2) is 4.98 Å². The summed E-state index contributed by atoms with van der Waals surface area (Å²) in [6, 6.07) is 10.8. The van der Waals surface area contributed by atoms with Gasteiger partial charge in [0.25, 0.3) is 5.56 Å². The van der Waals surface area contributed by atoms with E-state index in [9.17, 15) is 14.7 Å². The molecule has 0 radical (unpaired) electrons. The van der Waals surface area contributed by atoms with E-state index in [2.05, 4.69) is 15.3 Å². The largest absolute Gasteiger partial charge is 0.506 e. The number of fused-ring (bicyclic) bond motifs is 1. The first-order valence-corrected chi connectivity index (χ1v) is 9.03. The van der Waals surface area contributed by atoms with Crippen LogP contribution in [0.15, 0.2) is 45.5 Å². The Bertz CT molecular complexity index is 921. The third-order valence-electron chi connectivity index (χ3n) is 3.35. The van der Waals surface area contributed by atoms with Gasteiger partial charge in [0, 0.05) is 6.07 Å². The summed E-state index contributed by atoms with van der Waals surface area (Å²) in [5.41, 5.74) is 0.972. The molecule has 0 spiro atoms. The first kappa shape index (κ1) is 16.5. The lowest BCUT2D eigenvalue weighted by Gasteiger charge is -2.13. The smallest absolute Gasteiger partial charge is 0.253 e. The number of aromatic amines is 1. The van der Waals surface area contributed by atoms with Crippen molar-refractivity contribution in [2.75, 3.05) is 5.75 Å². The maximum Gasteiger partial charge on any atom is 0.253 e. The molecule has 0 bridgehead atoms. The first-order chi connectivity index (χ1) is 11.5. The van der Waals surface area contributed by atoms with Crippen molar-refractivity contribution in [3.8, 4) is 5.75 Å². The Morgan fingerprint density at radius 3 is 2.92 bits per heavy atom. The molecule has 8 heteroatoms. The molecule has 6 nitrogen and oxygen atoms in total. The van der Waals surface area contributed by atoms with Crippen molar-refractivity contribution in [3.63, 3.8) is 0 Å². The van der Waals surface area contributed by atoms with Crippen LogP contribution in [0.1, 0.15) is 18.5 Å². The van der Waals surface area contributed by atoms with Crippen LogP contribution in [0, 0.1) is 0 Å². The first-order valence-electron chi connectivity index (χ1n) is 7.23. The number of aromatic hydroxyl groups is 1. The molecule has 0 unspecified atom stereocenters. The minimum atomic E-state index is -0.406. The average Bonchev–Trinajstić information content (AvgIpc) is 2.97. The number of thioether (sulfide) groups is 1. The van der Waals surface area contributed by atoms with Gasteiger partial charge in [-0.1, -0.05) is 42.1 Å². The second kappa shape index (κ2) is 7.06. The van der Waals surface area contributed by atoms with Crippen molar-refractivity contribution in [2.45, 2.75) is 17.3 Å². The number of nitrogens with zero attached hydrogens (tertiary/aromatic N) is 1. The number of nitrogens with one attached hydrogen (secondary N) is 2. The van der Waals surface area contributed by atoms with Gasteiger partial charge in [-0.2, -0.15) is 0 Å². The Morgan fingerprint density at radius 2 is 2.17 bits per heavy atom. The topological polar surface area (TPSA) is 95.1 Å². The van der Waals surface area contributed by atoms with E-state index in [-0.39, 0.29) is 23.5 Å². The van der Waals surface area contributed by atoms with E-state index in [1.807, 2.05) is 37.3 Å². The molecule has 3 rings (SSSR count). The van der Waals surface area contributed by atoms with Gasteiger partial charge in [0.05, 0.1) is 11.8 Å². The minimum absolute atomic E-state index is 0.0740. The van der Waals surface area contributed by atoms with Crippen molar-refractivity contribution >= 4 is 39.4 Å². The number of amides is 1. The van der Waals surface area contributed by atoms with E-state index < -0.39 is 5.56 Å². The molecule has 1 aromatic carbocycles. The number of carbonyl (C=O) groups excluding carboxylic acids is 1. The van der Waals surface area contributed by atoms with Crippen LogP contribution in [0.2, 0.25) is 0 Å². The molecule has 124 valence electrons. The van der Waals surface area contributed by atoms with Crippen LogP contribution >= 0.6 is 23.1 Å². The Balaban J connectivity index is 1.62. The van der Waals surface area contributed by atoms with Crippen molar-refractivity contribution < 1.29 is 9.90 Å². The maximum atomic E-state index is 12.1. The zero-order valence-electron chi connectivity index (χ0n) is 12.8. The summed E-state index contributed by atoms with van der Waals surface area (Å²) in [5.74, 6) is 0.00991. The average molecular weight is 361 g/mol. The summed E-state index contributed by atoms with van der Waals surface area (Å²) in [6.07, 6.45) is 0. The van der Waals surface area contributed by atoms with Crippen molar-refractivity contribution in [3.05, 3.63) is 52.3 Å². The highest BCUT2D eigenvalue weighted by Gasteiger charge is 2.13. The number of carbonyl (C=O) groups is 1. The normalized spacial score (nSPS) is 12.2. The lowest BCUT2D eigenvalue weighted by atomic mass is 10.1. The Labute approximate surface area is 145 Å². The van der Waals surface area contributed by atoms with E-state index in [0.717, 1.165) is 11.6 Å². The van der Waals surface area contributed by atoms with Gasteiger partial charge in [-0.15, -0.1) is 11.3 Å². The van der Waals surface area contributed by atoms with Gasteiger partial charge in [-0.3, -0.25) is 9.59 Å². The fourth-order valence-corrected chi connectivity index (χ4v) is 4.02. The highest BCUT2D eigenvalue weighted by Crippen LogP contribution is 2.32. The van der Waals surface area contributed by atoms with Gasteiger partial charge in [0.15, 0.2) is 9.99 Å². The molecular weight excluding hydrogens is 346 g/mol. The number of benzene rings is 1. The number of pyridine rings is 1. The zero-order chi connectivity index (χ0) is 17.1. The highest BCUT2D eigenvalue weighted by atomic mass is 32.2. The molecule has 2 heterocycles. The van der Waals surface area contributed by atoms with E-state index in [4.69, 9.17) is 0 Å². The standard InChI is InChI=1S/C16H15N3O3S2/c1-9(10-5-3-2-4-6-10)17-13(22)8-23-16-19-15-14(24-16)11(20)7-12(21)18-15/h2-7,9H,8H2,1H3,(H,17,22)(H2,18,20,21)/t9-/m1/s1. The summed E-state index contributed by atoms with van der Waals surface area (Å²) in [4.78, 5) is 30.2. The highest BCUT2D eigenvalue weighted by molar-refractivity contribution is 8.01. The number of hydrogen-bond acceptors (Lipinski definition) is 6. The van der Waals surface area contributed by atoms with Gasteiger partial charge >= 0.3 is 0 Å². The predicted octanol–water partition coefficient (Wildman–Crippen LogP) is 2.66. The third kappa shape index (κ3) is 3.77. The third-order valence-corrected chi connectivity index (χ3v) is 5.57. The molecule has 0 saturated heterocycles. The Kier molecular flexibility index (Phi) is 4.86. The van der Waals surface area contributed by atoms with Gasteiger partial charge in [-0.05, 0) is 12.5 Å². The van der Waals surface area contributed by atoms with Crippen molar-refractivity contribution in [1.82, 2.24) is 15.3 Å². The van der Waals surface area contributed by atoms with E-state index in [1.54, 1.807) is 0 Å². The monoisotopic (exact) mass is 361 g/mol. The summed E-state index contributed by atoms with van der Waals surface area (Å²) in [6.45, 7) is 1.93. The van der Waals surface area contributed by atoms with Crippen LogP contribution in [0.3, 0.4) is 0 Å². The van der Waals surface area contributed by atoms with E-state index in [1.165, 1.54) is 23.1 Å². The minimum Gasteiger partial charge on any atom is -0.506 e. The van der Waals surface area contributed by atoms with Crippen molar-refractivity contribution in [2.24, 2.45) is 0 Å².